The van der Waals surface area contributed by atoms with E-state index < -0.39 is 23.9 Å². The van der Waals surface area contributed by atoms with E-state index in [0.29, 0.717) is 19.4 Å². The zero-order valence-electron chi connectivity index (χ0n) is 8.03. The first-order valence-electron chi connectivity index (χ1n) is 4.52. The Bertz CT molecular complexity index is 295. The van der Waals surface area contributed by atoms with Gasteiger partial charge in [-0.25, -0.2) is 4.79 Å². The van der Waals surface area contributed by atoms with Gasteiger partial charge in [0.05, 0.1) is 0 Å². The summed E-state index contributed by atoms with van der Waals surface area (Å²) in [4.78, 5) is 34.5. The Labute approximate surface area is 91.7 Å². The molecular weight excluding hydrogens is 222 g/mol. The minimum absolute atomic E-state index is 0.291. The average molecular weight is 234 g/mol. The molecule has 0 aromatic rings. The van der Waals surface area contributed by atoms with Crippen molar-refractivity contribution in [2.24, 2.45) is 5.73 Å². The molecule has 1 unspecified atom stereocenters. The van der Waals surface area contributed by atoms with Crippen LogP contribution in [-0.4, -0.2) is 41.2 Å². The lowest BCUT2D eigenvalue weighted by Gasteiger charge is -2.21. The molecule has 1 fully saturated rings. The molecule has 0 aliphatic carbocycles. The first-order chi connectivity index (χ1) is 7.06. The standard InChI is InChI=1S/C8H12ClN3O3/c9-4-6(13)11-8(15)12-3-1-2-5(12)7(10)14/h5H,1-4H2,(H2,10,14)(H,11,13,15). The second-order valence-corrected chi connectivity index (χ2v) is 3.51. The highest BCUT2D eigenvalue weighted by atomic mass is 35.5. The lowest BCUT2D eigenvalue weighted by molar-refractivity contribution is -0.122. The molecule has 0 saturated carbocycles. The van der Waals surface area contributed by atoms with Crippen LogP contribution in [0.3, 0.4) is 0 Å². The van der Waals surface area contributed by atoms with E-state index in [1.807, 2.05) is 0 Å². The van der Waals surface area contributed by atoms with Crippen molar-refractivity contribution < 1.29 is 14.4 Å². The van der Waals surface area contributed by atoms with Crippen molar-refractivity contribution in [2.75, 3.05) is 12.4 Å². The lowest BCUT2D eigenvalue weighted by atomic mass is 10.2. The number of urea groups is 1. The predicted molar refractivity (Wildman–Crippen MR) is 53.2 cm³/mol. The molecule has 7 heteroatoms. The van der Waals surface area contributed by atoms with E-state index in [-0.39, 0.29) is 5.88 Å². The van der Waals surface area contributed by atoms with E-state index in [1.165, 1.54) is 4.90 Å². The van der Waals surface area contributed by atoms with Crippen LogP contribution in [0.25, 0.3) is 0 Å². The van der Waals surface area contributed by atoms with Gasteiger partial charge in [-0.05, 0) is 12.8 Å². The molecule has 0 aromatic heterocycles. The van der Waals surface area contributed by atoms with Crippen molar-refractivity contribution in [1.82, 2.24) is 10.2 Å². The molecule has 0 bridgehead atoms. The van der Waals surface area contributed by atoms with Gasteiger partial charge in [-0.1, -0.05) is 0 Å². The van der Waals surface area contributed by atoms with E-state index in [9.17, 15) is 14.4 Å². The molecule has 1 rings (SSSR count). The number of hydrogen-bond donors (Lipinski definition) is 2. The van der Waals surface area contributed by atoms with Gasteiger partial charge in [0.1, 0.15) is 11.9 Å². The van der Waals surface area contributed by atoms with Crippen molar-refractivity contribution in [2.45, 2.75) is 18.9 Å². The van der Waals surface area contributed by atoms with E-state index in [1.54, 1.807) is 0 Å². The summed E-state index contributed by atoms with van der Waals surface area (Å²) in [5, 5.41) is 2.06. The third kappa shape index (κ3) is 2.82. The fourth-order valence-electron chi connectivity index (χ4n) is 1.53. The third-order valence-corrected chi connectivity index (χ3v) is 2.45. The number of halogens is 1. The van der Waals surface area contributed by atoms with Crippen LogP contribution in [0.5, 0.6) is 0 Å². The maximum Gasteiger partial charge on any atom is 0.324 e. The Hall–Kier alpha value is -1.30. The Kier molecular flexibility index (Phi) is 3.90. The Morgan fingerprint density at radius 3 is 2.67 bits per heavy atom. The van der Waals surface area contributed by atoms with Gasteiger partial charge in [0.2, 0.25) is 11.8 Å². The normalized spacial score (nSPS) is 20.1. The minimum atomic E-state index is -0.617. The summed E-state index contributed by atoms with van der Waals surface area (Å²) in [6, 6.07) is -1.23. The van der Waals surface area contributed by atoms with Gasteiger partial charge in [0, 0.05) is 6.54 Å². The van der Waals surface area contributed by atoms with Crippen molar-refractivity contribution >= 4 is 29.4 Å². The fraction of sp³-hybridized carbons (Fsp3) is 0.625. The molecule has 0 radical (unpaired) electrons. The molecule has 1 heterocycles. The Morgan fingerprint density at radius 2 is 2.13 bits per heavy atom. The van der Waals surface area contributed by atoms with Crippen LogP contribution in [0.4, 0.5) is 4.79 Å². The van der Waals surface area contributed by atoms with Crippen LogP contribution in [-0.2, 0) is 9.59 Å². The summed E-state index contributed by atoms with van der Waals surface area (Å²) >= 11 is 5.23. The van der Waals surface area contributed by atoms with Gasteiger partial charge >= 0.3 is 6.03 Å². The fourth-order valence-corrected chi connectivity index (χ4v) is 1.60. The van der Waals surface area contributed by atoms with E-state index >= 15 is 0 Å². The molecular formula is C8H12ClN3O3. The summed E-state index contributed by atoms with van der Waals surface area (Å²) in [7, 11) is 0. The van der Waals surface area contributed by atoms with Gasteiger partial charge in [0.25, 0.3) is 0 Å². The molecule has 3 N–H and O–H groups in total. The van der Waals surface area contributed by atoms with Crippen LogP contribution >= 0.6 is 11.6 Å². The SMILES string of the molecule is NC(=O)C1CCCN1C(=O)NC(=O)CCl. The van der Waals surface area contributed by atoms with Crippen molar-refractivity contribution in [3.63, 3.8) is 0 Å². The smallest absolute Gasteiger partial charge is 0.324 e. The number of amides is 4. The highest BCUT2D eigenvalue weighted by molar-refractivity contribution is 6.28. The highest BCUT2D eigenvalue weighted by Gasteiger charge is 2.33. The minimum Gasteiger partial charge on any atom is -0.368 e. The van der Waals surface area contributed by atoms with E-state index in [2.05, 4.69) is 5.32 Å². The number of imide groups is 1. The van der Waals surface area contributed by atoms with Gasteiger partial charge in [-0.2, -0.15) is 0 Å². The van der Waals surface area contributed by atoms with E-state index in [0.717, 1.165) is 0 Å². The van der Waals surface area contributed by atoms with Crippen LogP contribution in [0, 0.1) is 0 Å². The Balaban J connectivity index is 2.58. The van der Waals surface area contributed by atoms with Crippen LogP contribution in [0.2, 0.25) is 0 Å². The zero-order valence-corrected chi connectivity index (χ0v) is 8.79. The summed E-state index contributed by atoms with van der Waals surface area (Å²) < 4.78 is 0. The van der Waals surface area contributed by atoms with Crippen molar-refractivity contribution in [3.8, 4) is 0 Å². The van der Waals surface area contributed by atoms with Gasteiger partial charge in [0.15, 0.2) is 0 Å². The lowest BCUT2D eigenvalue weighted by Crippen LogP contribution is -2.49. The number of nitrogens with zero attached hydrogens (tertiary/aromatic N) is 1. The number of carbonyl (C=O) groups is 3. The molecule has 84 valence electrons. The van der Waals surface area contributed by atoms with Gasteiger partial charge in [-0.15, -0.1) is 11.6 Å². The molecule has 6 nitrogen and oxygen atoms in total. The van der Waals surface area contributed by atoms with Crippen LogP contribution in [0.15, 0.2) is 0 Å². The summed E-state index contributed by atoms with van der Waals surface area (Å²) in [6.45, 7) is 0.426. The zero-order chi connectivity index (χ0) is 11.4. The molecule has 1 atom stereocenters. The molecule has 1 aliphatic heterocycles. The van der Waals surface area contributed by atoms with Crippen LogP contribution < -0.4 is 11.1 Å². The maximum absolute atomic E-state index is 11.5. The average Bonchev–Trinajstić information content (AvgIpc) is 2.65. The predicted octanol–water partition coefficient (Wildman–Crippen LogP) is -0.589. The monoisotopic (exact) mass is 233 g/mol. The number of carbonyl (C=O) groups excluding carboxylic acids is 3. The van der Waals surface area contributed by atoms with Crippen molar-refractivity contribution in [1.29, 1.82) is 0 Å². The van der Waals surface area contributed by atoms with Gasteiger partial charge in [-0.3, -0.25) is 14.9 Å². The molecule has 1 saturated heterocycles. The number of nitrogens with one attached hydrogen (secondary N) is 1. The number of likely N-dealkylation sites (tertiary alicyclic amines) is 1. The van der Waals surface area contributed by atoms with Crippen molar-refractivity contribution in [3.05, 3.63) is 0 Å². The quantitative estimate of drug-likeness (QED) is 0.625. The molecule has 1 aliphatic rings. The molecule has 0 aromatic carbocycles. The number of hydrogen-bond acceptors (Lipinski definition) is 3. The first-order valence-corrected chi connectivity index (χ1v) is 5.05. The van der Waals surface area contributed by atoms with E-state index in [4.69, 9.17) is 17.3 Å². The van der Waals surface area contributed by atoms with Crippen LogP contribution in [0.1, 0.15) is 12.8 Å². The largest absolute Gasteiger partial charge is 0.368 e. The number of primary amides is 1. The molecule has 15 heavy (non-hydrogen) atoms. The summed E-state index contributed by atoms with van der Waals surface area (Å²) in [6.07, 6.45) is 1.24. The summed E-state index contributed by atoms with van der Waals surface area (Å²) in [5.74, 6) is -1.43. The number of nitrogens with two attached hydrogens (primary N) is 1. The summed E-state index contributed by atoms with van der Waals surface area (Å²) in [5.41, 5.74) is 5.12. The third-order valence-electron chi connectivity index (χ3n) is 2.21. The maximum atomic E-state index is 11.5. The first kappa shape index (κ1) is 11.8. The molecule has 0 spiro atoms. The number of alkyl halides is 1. The number of rotatable bonds is 2. The van der Waals surface area contributed by atoms with Gasteiger partial charge < -0.3 is 10.6 Å². The highest BCUT2D eigenvalue weighted by Crippen LogP contribution is 2.16. The second-order valence-electron chi connectivity index (χ2n) is 3.24. The topological polar surface area (TPSA) is 92.5 Å². The Morgan fingerprint density at radius 1 is 1.47 bits per heavy atom. The second kappa shape index (κ2) is 4.97. The molecule has 4 amide bonds.